The van der Waals surface area contributed by atoms with E-state index < -0.39 is 37.4 Å². The minimum atomic E-state index is -5.59. The molecule has 0 aromatic rings. The van der Waals surface area contributed by atoms with E-state index in [1.165, 1.54) is 0 Å². The molecule has 11 heteroatoms. The average Bonchev–Trinajstić information content (AvgIpc) is 2.16. The lowest BCUT2D eigenvalue weighted by Crippen LogP contribution is -2.46. The van der Waals surface area contributed by atoms with Gasteiger partial charge in [-0.3, -0.25) is 0 Å². The zero-order valence-corrected chi connectivity index (χ0v) is 7.50. The van der Waals surface area contributed by atoms with E-state index in [4.69, 9.17) is 0 Å². The van der Waals surface area contributed by atoms with E-state index in [1.54, 1.807) is 0 Å². The molecule has 1 nitrogen and oxygen atoms in total. The smallest absolute Gasteiger partial charge is 0.303 e. The Balaban J connectivity index is 4.65. The normalized spacial score (nSPS) is 17.6. The molecule has 0 aliphatic rings. The Morgan fingerprint density at radius 3 is 1.00 bits per heavy atom. The third-order valence-electron chi connectivity index (χ3n) is 1.43. The number of halogens is 10. The Hall–Kier alpha value is -0.740. The van der Waals surface area contributed by atoms with Crippen LogP contribution in [0.5, 0.6) is 0 Å². The van der Waals surface area contributed by atoms with E-state index in [2.05, 4.69) is 4.74 Å². The zero-order valence-electron chi connectivity index (χ0n) is 7.50. The van der Waals surface area contributed by atoms with E-state index in [9.17, 15) is 43.9 Å². The first kappa shape index (κ1) is 16.3. The van der Waals surface area contributed by atoms with Crippen molar-refractivity contribution in [2.24, 2.45) is 0 Å². The van der Waals surface area contributed by atoms with Crippen molar-refractivity contribution in [2.75, 3.05) is 0 Å². The molecule has 0 bridgehead atoms. The molecular weight excluding hydrogens is 278 g/mol. The van der Waals surface area contributed by atoms with Gasteiger partial charge in [-0.2, -0.15) is 17.6 Å². The van der Waals surface area contributed by atoms with Gasteiger partial charge in [-0.1, -0.05) is 0 Å². The van der Waals surface area contributed by atoms with Crippen LogP contribution in [0.15, 0.2) is 0 Å². The molecule has 0 aromatic heterocycles. The molecule has 0 aromatic carbocycles. The van der Waals surface area contributed by atoms with Crippen LogP contribution in [0.3, 0.4) is 0 Å². The monoisotopic (exact) mass is 282 g/mol. The molecule has 2 atom stereocenters. The molecule has 0 rings (SSSR count). The lowest BCUT2D eigenvalue weighted by Gasteiger charge is -2.25. The van der Waals surface area contributed by atoms with Gasteiger partial charge >= 0.3 is 24.7 Å². The Morgan fingerprint density at radius 1 is 0.588 bits per heavy atom. The predicted molar refractivity (Wildman–Crippen MR) is 32.8 cm³/mol. The minimum Gasteiger partial charge on any atom is -0.303 e. The number of hydrogen-bond donors (Lipinski definition) is 0. The lowest BCUT2D eigenvalue weighted by molar-refractivity contribution is -0.325. The summed E-state index contributed by atoms with van der Waals surface area (Å²) in [5.74, 6) is -11.2. The van der Waals surface area contributed by atoms with Gasteiger partial charge in [0.05, 0.1) is 0 Å². The van der Waals surface area contributed by atoms with Gasteiger partial charge in [0.25, 0.3) is 12.7 Å². The summed E-state index contributed by atoms with van der Waals surface area (Å²) in [6.45, 7) is 0. The van der Waals surface area contributed by atoms with Crippen LogP contribution in [0.2, 0.25) is 0 Å². The second kappa shape index (κ2) is 5.27. The fourth-order valence-corrected chi connectivity index (χ4v) is 0.484. The maximum atomic E-state index is 12.2. The number of rotatable bonds is 6. The van der Waals surface area contributed by atoms with Crippen LogP contribution in [0.4, 0.5) is 43.9 Å². The highest BCUT2D eigenvalue weighted by molar-refractivity contribution is 4.78. The molecule has 0 fully saturated rings. The molecule has 104 valence electrons. The van der Waals surface area contributed by atoms with Crippen LogP contribution in [-0.2, 0) is 4.74 Å². The second-order valence-corrected chi connectivity index (χ2v) is 2.72. The maximum Gasteiger partial charge on any atom is 0.361 e. The van der Waals surface area contributed by atoms with Gasteiger partial charge in [-0.25, -0.2) is 26.3 Å². The summed E-state index contributed by atoms with van der Waals surface area (Å²) in [5.41, 5.74) is 0. The molecule has 17 heavy (non-hydrogen) atoms. The first-order valence-electron chi connectivity index (χ1n) is 3.69. The Kier molecular flexibility index (Phi) is 5.04. The Labute approximate surface area is 87.3 Å². The average molecular weight is 282 g/mol. The van der Waals surface area contributed by atoms with E-state index in [0.717, 1.165) is 0 Å². The summed E-state index contributed by atoms with van der Waals surface area (Å²) < 4.78 is 121. The van der Waals surface area contributed by atoms with Gasteiger partial charge in [-0.15, -0.1) is 0 Å². The van der Waals surface area contributed by atoms with Crippen molar-refractivity contribution < 1.29 is 48.6 Å². The van der Waals surface area contributed by atoms with E-state index in [-0.39, 0.29) is 0 Å². The van der Waals surface area contributed by atoms with Crippen LogP contribution in [0.1, 0.15) is 0 Å². The van der Waals surface area contributed by atoms with Gasteiger partial charge in [0, 0.05) is 0 Å². The Morgan fingerprint density at radius 2 is 0.824 bits per heavy atom. The maximum absolute atomic E-state index is 12.2. The van der Waals surface area contributed by atoms with Crippen molar-refractivity contribution in [1.82, 2.24) is 0 Å². The molecule has 0 saturated heterocycles. The zero-order chi connectivity index (χ0) is 14.0. The van der Waals surface area contributed by atoms with E-state index >= 15 is 0 Å². The van der Waals surface area contributed by atoms with Crippen LogP contribution in [0.25, 0.3) is 0 Å². The molecule has 0 heterocycles. The molecule has 0 amide bonds. The molecular formula is C6H4F10O. The van der Waals surface area contributed by atoms with Crippen LogP contribution in [0, 0.1) is 0 Å². The largest absolute Gasteiger partial charge is 0.361 e. The summed E-state index contributed by atoms with van der Waals surface area (Å²) >= 11 is 0. The number of ether oxygens (including phenoxy) is 1. The van der Waals surface area contributed by atoms with Crippen molar-refractivity contribution >= 4 is 0 Å². The number of alkyl halides is 10. The Bertz CT molecular complexity index is 217. The quantitative estimate of drug-likeness (QED) is 0.678. The third-order valence-corrected chi connectivity index (χ3v) is 1.43. The van der Waals surface area contributed by atoms with Crippen LogP contribution < -0.4 is 0 Å². The predicted octanol–water partition coefficient (Wildman–Crippen LogP) is 3.40. The fraction of sp³-hybridized carbons (Fsp3) is 1.00. The summed E-state index contributed by atoms with van der Waals surface area (Å²) in [4.78, 5) is 0. The summed E-state index contributed by atoms with van der Waals surface area (Å²) in [6.07, 6.45) is -18.3. The van der Waals surface area contributed by atoms with Crippen LogP contribution >= 0.6 is 0 Å². The fourth-order valence-electron chi connectivity index (χ4n) is 0.484. The highest BCUT2D eigenvalue weighted by atomic mass is 19.3. The standard InChI is InChI=1S/C6H4F10O/c7-1(8)5(13,14)3(11)17-4(12)6(15,16)2(9)10/h1-4H. The molecule has 0 aliphatic carbocycles. The first-order valence-corrected chi connectivity index (χ1v) is 3.69. The van der Waals surface area contributed by atoms with Gasteiger partial charge in [0.2, 0.25) is 0 Å². The van der Waals surface area contributed by atoms with E-state index in [0.29, 0.717) is 0 Å². The molecule has 0 saturated carbocycles. The highest BCUT2D eigenvalue weighted by Gasteiger charge is 2.57. The topological polar surface area (TPSA) is 9.23 Å². The molecule has 0 spiro atoms. The summed E-state index contributed by atoms with van der Waals surface area (Å²) in [5, 5.41) is 0. The van der Waals surface area contributed by atoms with Crippen molar-refractivity contribution in [3.63, 3.8) is 0 Å². The van der Waals surface area contributed by atoms with Crippen molar-refractivity contribution in [2.45, 2.75) is 37.4 Å². The number of hydrogen-bond acceptors (Lipinski definition) is 1. The van der Waals surface area contributed by atoms with Gasteiger partial charge in [0.15, 0.2) is 0 Å². The molecule has 2 unspecified atom stereocenters. The third kappa shape index (κ3) is 3.61. The van der Waals surface area contributed by atoms with Crippen LogP contribution in [-0.4, -0.2) is 37.4 Å². The van der Waals surface area contributed by atoms with Crippen molar-refractivity contribution in [3.05, 3.63) is 0 Å². The minimum absolute atomic E-state index is 2.51. The molecule has 0 radical (unpaired) electrons. The molecule has 0 aliphatic heterocycles. The van der Waals surface area contributed by atoms with Gasteiger partial charge in [-0.05, 0) is 0 Å². The highest BCUT2D eigenvalue weighted by Crippen LogP contribution is 2.35. The molecule has 0 N–H and O–H groups in total. The van der Waals surface area contributed by atoms with Gasteiger partial charge in [0.1, 0.15) is 0 Å². The SMILES string of the molecule is FC(F)C(F)(F)C(F)OC(F)C(F)(F)C(F)F. The summed E-state index contributed by atoms with van der Waals surface area (Å²) in [7, 11) is 0. The van der Waals surface area contributed by atoms with Crippen molar-refractivity contribution in [1.29, 1.82) is 0 Å². The van der Waals surface area contributed by atoms with E-state index in [1.807, 2.05) is 0 Å². The first-order chi connectivity index (χ1) is 7.44. The second-order valence-electron chi connectivity index (χ2n) is 2.72. The summed E-state index contributed by atoms with van der Waals surface area (Å²) in [6, 6.07) is 0. The van der Waals surface area contributed by atoms with Crippen molar-refractivity contribution in [3.8, 4) is 0 Å². The lowest BCUT2D eigenvalue weighted by atomic mass is 10.3. The van der Waals surface area contributed by atoms with Gasteiger partial charge < -0.3 is 4.74 Å².